The van der Waals surface area contributed by atoms with E-state index >= 15 is 0 Å². The van der Waals surface area contributed by atoms with E-state index < -0.39 is 0 Å². The minimum Gasteiger partial charge on any atom is -0.456 e. The molecule has 2 aromatic rings. The van der Waals surface area contributed by atoms with Crippen LogP contribution in [0, 0.1) is 13.8 Å². The van der Waals surface area contributed by atoms with Gasteiger partial charge in [-0.1, -0.05) is 5.16 Å². The molecule has 3 rings (SSSR count). The van der Waals surface area contributed by atoms with E-state index in [1.807, 2.05) is 13.8 Å². The van der Waals surface area contributed by atoms with Crippen LogP contribution in [0.1, 0.15) is 17.2 Å². The molecule has 102 valence electrons. The summed E-state index contributed by atoms with van der Waals surface area (Å²) in [5.41, 5.74) is 7.19. The van der Waals surface area contributed by atoms with E-state index in [0.717, 1.165) is 11.3 Å². The fourth-order valence-electron chi connectivity index (χ4n) is 2.02. The first-order valence-corrected chi connectivity index (χ1v) is 5.95. The third-order valence-electron chi connectivity index (χ3n) is 2.90. The Morgan fingerprint density at radius 3 is 2.75 bits per heavy atom. The van der Waals surface area contributed by atoms with Crippen LogP contribution in [0.2, 0.25) is 0 Å². The van der Waals surface area contributed by atoms with Gasteiger partial charge in [-0.3, -0.25) is 10.1 Å². The fraction of sp³-hybridized carbons (Fsp3) is 0.154. The molecular formula is C13H12N4O3. The van der Waals surface area contributed by atoms with Gasteiger partial charge in [-0.05, 0) is 26.0 Å². The first-order valence-electron chi connectivity index (χ1n) is 5.95. The summed E-state index contributed by atoms with van der Waals surface area (Å²) in [7, 11) is 0. The second-order valence-corrected chi connectivity index (χ2v) is 4.38. The van der Waals surface area contributed by atoms with Crippen LogP contribution in [0.4, 0.5) is 0 Å². The molecule has 0 saturated carbocycles. The molecule has 0 aromatic carbocycles. The van der Waals surface area contributed by atoms with Gasteiger partial charge in [0.15, 0.2) is 0 Å². The van der Waals surface area contributed by atoms with Crippen molar-refractivity contribution in [2.45, 2.75) is 13.8 Å². The maximum Gasteiger partial charge on any atom is 0.276 e. The number of aliphatic imine (C=N–C) groups is 1. The van der Waals surface area contributed by atoms with Gasteiger partial charge in [0.25, 0.3) is 5.91 Å². The molecule has 0 unspecified atom stereocenters. The number of guanidine groups is 1. The van der Waals surface area contributed by atoms with Gasteiger partial charge in [-0.2, -0.15) is 0 Å². The number of furan rings is 1. The number of nitrogens with one attached hydrogen (secondary N) is 1. The number of aryl methyl sites for hydroxylation is 2. The number of carbonyl (C=O) groups excluding carboxylic acids is 1. The van der Waals surface area contributed by atoms with E-state index in [9.17, 15) is 4.79 Å². The number of amides is 1. The van der Waals surface area contributed by atoms with Crippen molar-refractivity contribution in [1.82, 2.24) is 10.5 Å². The zero-order valence-electron chi connectivity index (χ0n) is 10.9. The van der Waals surface area contributed by atoms with Gasteiger partial charge in [-0.15, -0.1) is 0 Å². The van der Waals surface area contributed by atoms with Gasteiger partial charge in [0.05, 0.1) is 11.3 Å². The van der Waals surface area contributed by atoms with Crippen LogP contribution in [-0.4, -0.2) is 17.0 Å². The van der Waals surface area contributed by atoms with Crippen molar-refractivity contribution >= 4 is 17.9 Å². The van der Waals surface area contributed by atoms with Gasteiger partial charge in [0.2, 0.25) is 5.96 Å². The van der Waals surface area contributed by atoms with E-state index in [2.05, 4.69) is 15.5 Å². The predicted molar refractivity (Wildman–Crippen MR) is 71.4 cm³/mol. The van der Waals surface area contributed by atoms with Crippen molar-refractivity contribution < 1.29 is 13.7 Å². The second kappa shape index (κ2) is 4.37. The maximum absolute atomic E-state index is 11.5. The Labute approximate surface area is 114 Å². The van der Waals surface area contributed by atoms with Crippen LogP contribution in [0.5, 0.6) is 0 Å². The Kier molecular flexibility index (Phi) is 2.67. The number of nitrogens with two attached hydrogens (primary N) is 1. The van der Waals surface area contributed by atoms with Gasteiger partial charge in [0, 0.05) is 6.08 Å². The normalized spacial score (nSPS) is 16.6. The largest absolute Gasteiger partial charge is 0.456 e. The van der Waals surface area contributed by atoms with Crippen LogP contribution in [0.3, 0.4) is 0 Å². The minimum atomic E-state index is -0.349. The Morgan fingerprint density at radius 2 is 2.15 bits per heavy atom. The lowest BCUT2D eigenvalue weighted by molar-refractivity contribution is -0.115. The summed E-state index contributed by atoms with van der Waals surface area (Å²) in [4.78, 5) is 15.4. The van der Waals surface area contributed by atoms with Crippen LogP contribution >= 0.6 is 0 Å². The molecule has 0 fully saturated rings. The van der Waals surface area contributed by atoms with Gasteiger partial charge >= 0.3 is 0 Å². The van der Waals surface area contributed by atoms with Gasteiger partial charge in [0.1, 0.15) is 23.0 Å². The highest BCUT2D eigenvalue weighted by Crippen LogP contribution is 2.29. The van der Waals surface area contributed by atoms with Crippen LogP contribution < -0.4 is 11.1 Å². The predicted octanol–water partition coefficient (Wildman–Crippen LogP) is 1.34. The molecule has 0 aliphatic carbocycles. The molecule has 0 atom stereocenters. The van der Waals surface area contributed by atoms with E-state index in [-0.39, 0.29) is 17.6 Å². The van der Waals surface area contributed by atoms with Gasteiger partial charge < -0.3 is 14.7 Å². The molecule has 0 radical (unpaired) electrons. The van der Waals surface area contributed by atoms with E-state index in [4.69, 9.17) is 14.7 Å². The zero-order valence-corrected chi connectivity index (χ0v) is 10.9. The summed E-state index contributed by atoms with van der Waals surface area (Å²) in [5.74, 6) is 1.54. The van der Waals surface area contributed by atoms with Crippen LogP contribution in [-0.2, 0) is 4.79 Å². The average Bonchev–Trinajstić information content (AvgIpc) is 3.03. The molecular weight excluding hydrogens is 260 g/mol. The highest BCUT2D eigenvalue weighted by molar-refractivity contribution is 6.13. The molecule has 3 heterocycles. The topological polar surface area (TPSA) is 107 Å². The highest BCUT2D eigenvalue weighted by atomic mass is 16.5. The number of hydrogen-bond donors (Lipinski definition) is 2. The number of rotatable bonds is 2. The third-order valence-corrected chi connectivity index (χ3v) is 2.90. The van der Waals surface area contributed by atoms with Crippen molar-refractivity contribution in [1.29, 1.82) is 0 Å². The first kappa shape index (κ1) is 12.2. The van der Waals surface area contributed by atoms with Crippen molar-refractivity contribution in [2.75, 3.05) is 0 Å². The van der Waals surface area contributed by atoms with Crippen molar-refractivity contribution in [3.63, 3.8) is 0 Å². The quantitative estimate of drug-likeness (QED) is 0.802. The van der Waals surface area contributed by atoms with E-state index in [1.165, 1.54) is 6.08 Å². The van der Waals surface area contributed by atoms with Gasteiger partial charge in [-0.25, -0.2) is 4.99 Å². The summed E-state index contributed by atoms with van der Waals surface area (Å²) in [6, 6.07) is 3.53. The summed E-state index contributed by atoms with van der Waals surface area (Å²) in [6.45, 7) is 3.65. The fourth-order valence-corrected chi connectivity index (χ4v) is 2.02. The molecule has 2 aromatic heterocycles. The number of nitrogens with zero attached hydrogens (tertiary/aromatic N) is 2. The lowest BCUT2D eigenvalue weighted by Gasteiger charge is -1.94. The maximum atomic E-state index is 11.5. The van der Waals surface area contributed by atoms with Crippen molar-refractivity contribution in [3.8, 4) is 11.3 Å². The van der Waals surface area contributed by atoms with E-state index in [0.29, 0.717) is 17.3 Å². The Hall–Kier alpha value is -2.83. The van der Waals surface area contributed by atoms with Crippen LogP contribution in [0.25, 0.3) is 17.4 Å². The Morgan fingerprint density at radius 1 is 1.35 bits per heavy atom. The minimum absolute atomic E-state index is 0.0822. The number of carbonyl (C=O) groups is 1. The summed E-state index contributed by atoms with van der Waals surface area (Å²) >= 11 is 0. The molecule has 0 bridgehead atoms. The van der Waals surface area contributed by atoms with E-state index in [1.54, 1.807) is 12.1 Å². The second-order valence-electron chi connectivity index (χ2n) is 4.38. The Bertz CT molecular complexity index is 732. The molecule has 1 aliphatic heterocycles. The highest BCUT2D eigenvalue weighted by Gasteiger charge is 2.19. The summed E-state index contributed by atoms with van der Waals surface area (Å²) in [5, 5.41) is 6.27. The standard InChI is InChI=1S/C13H12N4O3/c1-6-11(7(2)20-17-6)10-4-3-8(19-10)5-9-12(18)16-13(14)15-9/h3-5H,1-2H3,(H3,14,15,16,18). The summed E-state index contributed by atoms with van der Waals surface area (Å²) in [6.07, 6.45) is 1.52. The van der Waals surface area contributed by atoms with Crippen molar-refractivity contribution in [2.24, 2.45) is 10.7 Å². The Balaban J connectivity index is 1.96. The first-order chi connectivity index (χ1) is 9.54. The number of aromatic nitrogens is 1. The molecule has 20 heavy (non-hydrogen) atoms. The van der Waals surface area contributed by atoms with Crippen LogP contribution in [0.15, 0.2) is 31.8 Å². The molecule has 7 nitrogen and oxygen atoms in total. The molecule has 3 N–H and O–H groups in total. The molecule has 0 saturated heterocycles. The lowest BCUT2D eigenvalue weighted by Crippen LogP contribution is -2.30. The monoisotopic (exact) mass is 272 g/mol. The lowest BCUT2D eigenvalue weighted by atomic mass is 10.1. The third kappa shape index (κ3) is 1.99. The average molecular weight is 272 g/mol. The molecule has 0 spiro atoms. The summed E-state index contributed by atoms with van der Waals surface area (Å²) < 4.78 is 10.8. The zero-order chi connectivity index (χ0) is 14.3. The molecule has 1 aliphatic rings. The van der Waals surface area contributed by atoms with Crippen molar-refractivity contribution in [3.05, 3.63) is 35.0 Å². The smallest absolute Gasteiger partial charge is 0.276 e. The molecule has 1 amide bonds. The SMILES string of the molecule is Cc1noc(C)c1-c1ccc(C=C2N=C(N)NC2=O)o1. The molecule has 7 heteroatoms. The number of hydrogen-bond acceptors (Lipinski definition) is 6.